The number of hydrogen-bond acceptors (Lipinski definition) is 5. The first-order valence-electron chi connectivity index (χ1n) is 10.9. The molecule has 0 fully saturated rings. The third-order valence-corrected chi connectivity index (χ3v) is 6.52. The van der Waals surface area contributed by atoms with Gasteiger partial charge in [0.25, 0.3) is 0 Å². The number of aromatic nitrogens is 1. The number of aryl methyl sites for hydroxylation is 2. The monoisotopic (exact) mass is 531 g/mol. The van der Waals surface area contributed by atoms with Crippen molar-refractivity contribution in [2.24, 2.45) is 0 Å². The van der Waals surface area contributed by atoms with Crippen LogP contribution in [-0.4, -0.2) is 41.9 Å². The zero-order valence-corrected chi connectivity index (χ0v) is 20.2. The first-order valence-corrected chi connectivity index (χ1v) is 11.7. The van der Waals surface area contributed by atoms with Crippen LogP contribution in [0, 0.1) is 0 Å². The molecule has 0 bridgehead atoms. The number of carbonyl (C=O) groups is 1. The van der Waals surface area contributed by atoms with E-state index in [0.29, 0.717) is 17.2 Å². The van der Waals surface area contributed by atoms with Gasteiger partial charge >= 0.3 is 23.7 Å². The summed E-state index contributed by atoms with van der Waals surface area (Å²) < 4.78 is 93.2. The van der Waals surface area contributed by atoms with Gasteiger partial charge in [0.15, 0.2) is 13.2 Å². The van der Waals surface area contributed by atoms with Crippen LogP contribution in [0.15, 0.2) is 49.1 Å². The van der Waals surface area contributed by atoms with E-state index in [2.05, 4.69) is 16.3 Å². The minimum atomic E-state index is -5.85. The van der Waals surface area contributed by atoms with Crippen molar-refractivity contribution in [3.63, 3.8) is 0 Å². The number of halogens is 6. The Morgan fingerprint density at radius 3 is 2.33 bits per heavy atom. The topological polar surface area (TPSA) is 48.4 Å². The van der Waals surface area contributed by atoms with Gasteiger partial charge in [-0.2, -0.15) is 26.3 Å². The van der Waals surface area contributed by atoms with E-state index in [0.717, 1.165) is 33.6 Å². The highest BCUT2D eigenvalue weighted by Gasteiger charge is 2.72. The molecule has 2 heterocycles. The van der Waals surface area contributed by atoms with E-state index in [-0.39, 0.29) is 5.75 Å². The Morgan fingerprint density at radius 1 is 1.00 bits per heavy atom. The number of esters is 1. The van der Waals surface area contributed by atoms with E-state index in [1.165, 1.54) is 23.5 Å². The molecule has 0 amide bonds. The molecule has 0 aliphatic heterocycles. The lowest BCUT2D eigenvalue weighted by Gasteiger charge is -2.32. The number of carbonyl (C=O) groups excluding carboxylic acids is 1. The summed E-state index contributed by atoms with van der Waals surface area (Å²) in [6.45, 7) is 2.64. The number of ether oxygens (including phenoxy) is 2. The molecule has 3 aromatic rings. The van der Waals surface area contributed by atoms with E-state index >= 15 is 0 Å². The van der Waals surface area contributed by atoms with Gasteiger partial charge in [0.05, 0.1) is 0 Å². The third kappa shape index (κ3) is 5.50. The van der Waals surface area contributed by atoms with Gasteiger partial charge in [-0.15, -0.1) is 11.3 Å². The van der Waals surface area contributed by atoms with E-state index in [4.69, 9.17) is 4.74 Å². The zero-order valence-electron chi connectivity index (χ0n) is 19.4. The smallest absolute Gasteiger partial charge is 0.378 e. The lowest BCUT2D eigenvalue weighted by Crippen LogP contribution is -2.58. The van der Waals surface area contributed by atoms with Crippen LogP contribution in [-0.2, 0) is 22.4 Å². The second kappa shape index (κ2) is 10.5. The van der Waals surface area contributed by atoms with Crippen LogP contribution >= 0.6 is 11.3 Å². The van der Waals surface area contributed by atoms with Crippen LogP contribution in [0.1, 0.15) is 25.2 Å². The number of alkyl halides is 6. The van der Waals surface area contributed by atoms with Crippen molar-refractivity contribution in [3.8, 4) is 16.2 Å². The molecule has 36 heavy (non-hydrogen) atoms. The molecule has 194 valence electrons. The van der Waals surface area contributed by atoms with E-state index in [1.807, 2.05) is 32.0 Å². The number of benzene rings is 1. The minimum Gasteiger partial charge on any atom is -0.487 e. The van der Waals surface area contributed by atoms with Crippen LogP contribution in [0.3, 0.4) is 0 Å². The SMILES string of the molecule is C=CC(=O)OCC(F)(F)C(F)(F)C(F)(F)COc1ccc2cc(-c3ccc(CC)nc3CC)sc2c1. The second-order valence-corrected chi connectivity index (χ2v) is 8.98. The summed E-state index contributed by atoms with van der Waals surface area (Å²) in [6, 6.07) is 9.99. The van der Waals surface area contributed by atoms with Crippen molar-refractivity contribution in [2.45, 2.75) is 44.5 Å². The summed E-state index contributed by atoms with van der Waals surface area (Å²) in [5.41, 5.74) is 2.78. The van der Waals surface area contributed by atoms with Gasteiger partial charge in [-0.3, -0.25) is 4.98 Å². The molecule has 1 aromatic carbocycles. The minimum absolute atomic E-state index is 0.192. The summed E-state index contributed by atoms with van der Waals surface area (Å²) in [5, 5.41) is 0.761. The molecule has 4 nitrogen and oxygen atoms in total. The number of rotatable bonds is 11. The Morgan fingerprint density at radius 2 is 1.69 bits per heavy atom. The number of nitrogens with zero attached hydrogens (tertiary/aromatic N) is 1. The van der Waals surface area contributed by atoms with Crippen LogP contribution < -0.4 is 4.74 Å². The molecule has 0 atom stereocenters. The fraction of sp³-hybridized carbons (Fsp3) is 0.360. The van der Waals surface area contributed by atoms with E-state index < -0.39 is 37.0 Å². The van der Waals surface area contributed by atoms with Gasteiger partial charge in [-0.25, -0.2) is 4.79 Å². The molecule has 0 aliphatic carbocycles. The lowest BCUT2D eigenvalue weighted by molar-refractivity contribution is -0.322. The standard InChI is InChI=1S/C25H23F6NO3S/c1-4-16-8-10-18(19(5-2)32-16)21-11-15-7-9-17(12-20(15)36-21)34-13-23(26,27)25(30,31)24(28,29)14-35-22(33)6-3/h6-12H,3-5,13-14H2,1-2H3. The molecule has 0 saturated carbocycles. The van der Waals surface area contributed by atoms with Gasteiger partial charge < -0.3 is 9.47 Å². The molecular weight excluding hydrogens is 508 g/mol. The van der Waals surface area contributed by atoms with Gasteiger partial charge in [-0.1, -0.05) is 20.4 Å². The first kappa shape index (κ1) is 27.5. The van der Waals surface area contributed by atoms with Crippen molar-refractivity contribution in [1.82, 2.24) is 4.98 Å². The quantitative estimate of drug-likeness (QED) is 0.150. The van der Waals surface area contributed by atoms with Crippen molar-refractivity contribution in [3.05, 3.63) is 60.4 Å². The maximum absolute atomic E-state index is 14.2. The van der Waals surface area contributed by atoms with Gasteiger partial charge in [0, 0.05) is 32.6 Å². The number of fused-ring (bicyclic) bond motifs is 1. The molecular formula is C25H23F6NO3S. The Kier molecular flexibility index (Phi) is 8.02. The summed E-state index contributed by atoms with van der Waals surface area (Å²) in [5.74, 6) is -18.1. The molecule has 0 radical (unpaired) electrons. The highest BCUT2D eigenvalue weighted by atomic mass is 32.1. The Labute approximate surface area is 207 Å². The van der Waals surface area contributed by atoms with Crippen LogP contribution in [0.25, 0.3) is 20.5 Å². The molecule has 0 unspecified atom stereocenters. The molecule has 0 spiro atoms. The molecule has 0 N–H and O–H groups in total. The average Bonchev–Trinajstić information content (AvgIpc) is 3.28. The summed E-state index contributed by atoms with van der Waals surface area (Å²) in [7, 11) is 0. The van der Waals surface area contributed by atoms with Gasteiger partial charge in [-0.05, 0) is 54.6 Å². The number of pyridine rings is 1. The summed E-state index contributed by atoms with van der Waals surface area (Å²) in [6.07, 6.45) is 1.93. The van der Waals surface area contributed by atoms with Crippen molar-refractivity contribution < 1.29 is 40.6 Å². The second-order valence-electron chi connectivity index (χ2n) is 7.90. The molecule has 11 heteroatoms. The fourth-order valence-corrected chi connectivity index (χ4v) is 4.45. The van der Waals surface area contributed by atoms with Crippen LogP contribution in [0.4, 0.5) is 26.3 Å². The van der Waals surface area contributed by atoms with Crippen molar-refractivity contribution >= 4 is 27.4 Å². The van der Waals surface area contributed by atoms with E-state index in [9.17, 15) is 31.1 Å². The third-order valence-electron chi connectivity index (χ3n) is 5.39. The zero-order chi connectivity index (χ0) is 26.7. The maximum atomic E-state index is 14.2. The number of thiophene rings is 1. The normalized spacial score (nSPS) is 12.6. The fourth-order valence-electron chi connectivity index (χ4n) is 3.31. The Bertz CT molecular complexity index is 1260. The van der Waals surface area contributed by atoms with E-state index in [1.54, 1.807) is 6.07 Å². The van der Waals surface area contributed by atoms with Crippen LogP contribution in [0.2, 0.25) is 0 Å². The van der Waals surface area contributed by atoms with Gasteiger partial charge in [0.1, 0.15) is 5.75 Å². The first-order chi connectivity index (χ1) is 16.8. The lowest BCUT2D eigenvalue weighted by atomic mass is 10.1. The summed E-state index contributed by atoms with van der Waals surface area (Å²) >= 11 is 1.33. The predicted molar refractivity (Wildman–Crippen MR) is 125 cm³/mol. The predicted octanol–water partition coefficient (Wildman–Crippen LogP) is 7.10. The highest BCUT2D eigenvalue weighted by Crippen LogP contribution is 2.46. The molecule has 0 saturated heterocycles. The average molecular weight is 532 g/mol. The Hall–Kier alpha value is -3.08. The highest BCUT2D eigenvalue weighted by molar-refractivity contribution is 7.22. The molecule has 2 aromatic heterocycles. The van der Waals surface area contributed by atoms with Crippen molar-refractivity contribution in [2.75, 3.05) is 13.2 Å². The van der Waals surface area contributed by atoms with Crippen LogP contribution in [0.5, 0.6) is 5.75 Å². The van der Waals surface area contributed by atoms with Crippen molar-refractivity contribution in [1.29, 1.82) is 0 Å². The van der Waals surface area contributed by atoms with Gasteiger partial charge in [0.2, 0.25) is 0 Å². The molecule has 3 rings (SSSR count). The Balaban J connectivity index is 1.78. The maximum Gasteiger partial charge on any atom is 0.378 e. The molecule has 0 aliphatic rings. The number of hydrogen-bond donors (Lipinski definition) is 0. The summed E-state index contributed by atoms with van der Waals surface area (Å²) in [4.78, 5) is 16.4. The largest absolute Gasteiger partial charge is 0.487 e.